The Bertz CT molecular complexity index is 1090. The van der Waals surface area contributed by atoms with Gasteiger partial charge in [-0.05, 0) is 29.8 Å². The van der Waals surface area contributed by atoms with Crippen LogP contribution in [0.25, 0.3) is 0 Å². The third-order valence-corrected chi connectivity index (χ3v) is 5.62. The van der Waals surface area contributed by atoms with Crippen molar-refractivity contribution in [3.8, 4) is 11.5 Å². The molecule has 29 heavy (non-hydrogen) atoms. The van der Waals surface area contributed by atoms with E-state index in [-0.39, 0.29) is 29.4 Å². The fourth-order valence-corrected chi connectivity index (χ4v) is 3.95. The highest BCUT2D eigenvalue weighted by Gasteiger charge is 2.20. The Balaban J connectivity index is 1.62. The van der Waals surface area contributed by atoms with Crippen LogP contribution in [0.15, 0.2) is 47.4 Å². The molecule has 3 rings (SSSR count). The lowest BCUT2D eigenvalue weighted by molar-refractivity contribution is 0.392. The summed E-state index contributed by atoms with van der Waals surface area (Å²) < 4.78 is 51.2. The molecule has 1 heterocycles. The van der Waals surface area contributed by atoms with Crippen molar-refractivity contribution >= 4 is 10.0 Å². The van der Waals surface area contributed by atoms with Crippen LogP contribution in [0, 0.1) is 5.82 Å². The highest BCUT2D eigenvalue weighted by atomic mass is 32.2. The van der Waals surface area contributed by atoms with Crippen molar-refractivity contribution in [2.75, 3.05) is 20.8 Å². The number of sulfonamides is 1. The zero-order chi connectivity index (χ0) is 20.9. The molecule has 10 heteroatoms. The Kier molecular flexibility index (Phi) is 6.45. The standard InChI is InChI=1S/C19H21FN4O4S/c1-27-15-6-7-16(28-2)17(12-15)29(25,26)21-9-8-18-22-19(24-23-18)11-13-4-3-5-14(20)10-13/h3-7,10,12,21H,8-9,11H2,1-2H3,(H,22,23,24). The van der Waals surface area contributed by atoms with Crippen molar-refractivity contribution in [1.82, 2.24) is 19.9 Å². The number of nitrogens with one attached hydrogen (secondary N) is 2. The normalized spacial score (nSPS) is 11.4. The van der Waals surface area contributed by atoms with Gasteiger partial charge in [0.05, 0.1) is 14.2 Å². The number of aromatic nitrogens is 3. The van der Waals surface area contributed by atoms with E-state index >= 15 is 0 Å². The monoisotopic (exact) mass is 420 g/mol. The number of benzene rings is 2. The lowest BCUT2D eigenvalue weighted by Crippen LogP contribution is -2.26. The lowest BCUT2D eigenvalue weighted by Gasteiger charge is -2.11. The summed E-state index contributed by atoms with van der Waals surface area (Å²) in [5.41, 5.74) is 0.763. The fraction of sp³-hybridized carbons (Fsp3) is 0.263. The highest BCUT2D eigenvalue weighted by molar-refractivity contribution is 7.89. The van der Waals surface area contributed by atoms with E-state index < -0.39 is 10.0 Å². The Labute approximate surface area is 168 Å². The molecule has 154 valence electrons. The van der Waals surface area contributed by atoms with Crippen molar-refractivity contribution < 1.29 is 22.3 Å². The third-order valence-electron chi connectivity index (χ3n) is 4.14. The molecule has 0 spiro atoms. The van der Waals surface area contributed by atoms with Crippen LogP contribution >= 0.6 is 0 Å². The summed E-state index contributed by atoms with van der Waals surface area (Å²) in [4.78, 5) is 4.31. The number of ether oxygens (including phenoxy) is 2. The summed E-state index contributed by atoms with van der Waals surface area (Å²) in [7, 11) is -0.963. The molecular formula is C19H21FN4O4S. The number of halogens is 1. The van der Waals surface area contributed by atoms with Crippen LogP contribution in [0.5, 0.6) is 11.5 Å². The zero-order valence-corrected chi connectivity index (χ0v) is 16.8. The number of H-pyrrole nitrogens is 1. The number of hydrogen-bond acceptors (Lipinski definition) is 6. The Morgan fingerprint density at radius 1 is 1.14 bits per heavy atom. The summed E-state index contributed by atoms with van der Waals surface area (Å²) >= 11 is 0. The zero-order valence-electron chi connectivity index (χ0n) is 16.0. The van der Waals surface area contributed by atoms with Crippen LogP contribution in [-0.4, -0.2) is 44.4 Å². The van der Waals surface area contributed by atoms with Crippen LogP contribution in [0.3, 0.4) is 0 Å². The molecule has 0 fully saturated rings. The maximum atomic E-state index is 13.3. The Morgan fingerprint density at radius 3 is 2.69 bits per heavy atom. The molecule has 2 aromatic carbocycles. The molecule has 0 unspecified atom stereocenters. The SMILES string of the molecule is COc1ccc(OC)c(S(=O)(=O)NCCc2n[nH]c(Cc3cccc(F)c3)n2)c1. The maximum absolute atomic E-state index is 13.3. The molecule has 3 aromatic rings. The van der Waals surface area contributed by atoms with E-state index in [1.807, 2.05) is 0 Å². The Hall–Kier alpha value is -2.98. The van der Waals surface area contributed by atoms with Gasteiger partial charge in [0.25, 0.3) is 0 Å². The first-order valence-electron chi connectivity index (χ1n) is 8.77. The van der Waals surface area contributed by atoms with Gasteiger partial charge in [-0.3, -0.25) is 5.10 Å². The van der Waals surface area contributed by atoms with E-state index in [1.54, 1.807) is 18.2 Å². The molecule has 0 saturated heterocycles. The second-order valence-electron chi connectivity index (χ2n) is 6.17. The Morgan fingerprint density at radius 2 is 1.97 bits per heavy atom. The second-order valence-corrected chi connectivity index (χ2v) is 7.90. The number of methoxy groups -OCH3 is 2. The molecule has 8 nitrogen and oxygen atoms in total. The van der Waals surface area contributed by atoms with Crippen LogP contribution in [0.4, 0.5) is 4.39 Å². The summed E-state index contributed by atoms with van der Waals surface area (Å²) in [5.74, 6) is 1.33. The van der Waals surface area contributed by atoms with Gasteiger partial charge in [-0.25, -0.2) is 22.5 Å². The molecule has 0 atom stereocenters. The van der Waals surface area contributed by atoms with Gasteiger partial charge in [-0.15, -0.1) is 0 Å². The minimum atomic E-state index is -3.81. The molecule has 2 N–H and O–H groups in total. The molecule has 0 saturated carbocycles. The van der Waals surface area contributed by atoms with Gasteiger partial charge < -0.3 is 9.47 Å². The smallest absolute Gasteiger partial charge is 0.244 e. The van der Waals surface area contributed by atoms with Crippen LogP contribution in [0.2, 0.25) is 0 Å². The van der Waals surface area contributed by atoms with E-state index in [0.717, 1.165) is 5.56 Å². The largest absolute Gasteiger partial charge is 0.497 e. The molecular weight excluding hydrogens is 399 g/mol. The molecule has 0 aliphatic carbocycles. The number of aromatic amines is 1. The van der Waals surface area contributed by atoms with Gasteiger partial charge in [0.15, 0.2) is 5.82 Å². The van der Waals surface area contributed by atoms with Gasteiger partial charge in [-0.2, -0.15) is 5.10 Å². The van der Waals surface area contributed by atoms with Crippen LogP contribution in [0.1, 0.15) is 17.2 Å². The van der Waals surface area contributed by atoms with Crippen LogP contribution in [-0.2, 0) is 22.9 Å². The summed E-state index contributed by atoms with van der Waals surface area (Å²) in [6, 6.07) is 10.8. The average Bonchev–Trinajstić information content (AvgIpc) is 3.14. The average molecular weight is 420 g/mol. The summed E-state index contributed by atoms with van der Waals surface area (Å²) in [6.45, 7) is 0.0972. The van der Waals surface area contributed by atoms with Crippen LogP contribution < -0.4 is 14.2 Å². The minimum Gasteiger partial charge on any atom is -0.497 e. The molecule has 1 aromatic heterocycles. The lowest BCUT2D eigenvalue weighted by atomic mass is 10.1. The first kappa shape index (κ1) is 20.7. The van der Waals surface area contributed by atoms with Gasteiger partial charge in [-0.1, -0.05) is 12.1 Å². The molecule has 0 aliphatic rings. The maximum Gasteiger partial charge on any atom is 0.244 e. The van der Waals surface area contributed by atoms with E-state index in [1.165, 1.54) is 38.5 Å². The quantitative estimate of drug-likeness (QED) is 0.549. The van der Waals surface area contributed by atoms with Crippen molar-refractivity contribution in [1.29, 1.82) is 0 Å². The number of hydrogen-bond donors (Lipinski definition) is 2. The molecule has 0 amide bonds. The first-order chi connectivity index (χ1) is 13.9. The van der Waals surface area contributed by atoms with Crippen molar-refractivity contribution in [3.63, 3.8) is 0 Å². The van der Waals surface area contributed by atoms with Gasteiger partial charge in [0.1, 0.15) is 28.0 Å². The second kappa shape index (κ2) is 9.01. The topological polar surface area (TPSA) is 106 Å². The van der Waals surface area contributed by atoms with Crippen molar-refractivity contribution in [2.24, 2.45) is 0 Å². The highest BCUT2D eigenvalue weighted by Crippen LogP contribution is 2.27. The van der Waals surface area contributed by atoms with E-state index in [4.69, 9.17) is 9.47 Å². The molecule has 0 radical (unpaired) electrons. The molecule has 0 aliphatic heterocycles. The third kappa shape index (κ3) is 5.30. The predicted molar refractivity (Wildman–Crippen MR) is 104 cm³/mol. The van der Waals surface area contributed by atoms with Crippen molar-refractivity contribution in [2.45, 2.75) is 17.7 Å². The minimum absolute atomic E-state index is 0.0128. The summed E-state index contributed by atoms with van der Waals surface area (Å²) in [5, 5.41) is 6.87. The number of rotatable bonds is 9. The number of nitrogens with zero attached hydrogens (tertiary/aromatic N) is 2. The van der Waals surface area contributed by atoms with E-state index in [2.05, 4.69) is 19.9 Å². The van der Waals surface area contributed by atoms with E-state index in [9.17, 15) is 12.8 Å². The van der Waals surface area contributed by atoms with E-state index in [0.29, 0.717) is 23.8 Å². The summed E-state index contributed by atoms with van der Waals surface area (Å²) in [6.07, 6.45) is 0.683. The first-order valence-corrected chi connectivity index (χ1v) is 10.3. The molecule has 0 bridgehead atoms. The van der Waals surface area contributed by atoms with Gasteiger partial charge >= 0.3 is 0 Å². The fourth-order valence-electron chi connectivity index (χ4n) is 2.73. The predicted octanol–water partition coefficient (Wildman–Crippen LogP) is 2.07. The van der Waals surface area contributed by atoms with Crippen molar-refractivity contribution in [3.05, 3.63) is 65.5 Å². The van der Waals surface area contributed by atoms with Gasteiger partial charge in [0, 0.05) is 25.5 Å². The van der Waals surface area contributed by atoms with Gasteiger partial charge in [0.2, 0.25) is 10.0 Å².